The van der Waals surface area contributed by atoms with Gasteiger partial charge in [0.2, 0.25) is 0 Å². The van der Waals surface area contributed by atoms with Gasteiger partial charge in [-0.2, -0.15) is 0 Å². The van der Waals surface area contributed by atoms with Crippen molar-refractivity contribution in [2.75, 3.05) is 7.11 Å². The summed E-state index contributed by atoms with van der Waals surface area (Å²) in [6, 6.07) is 0. The second-order valence-electron chi connectivity index (χ2n) is 5.05. The second-order valence-corrected chi connectivity index (χ2v) is 5.05. The minimum atomic E-state index is -0.641. The standard InChI is InChI=1S/C12H22N4O/c1-8-7-12(14,16-11(13)15-8)9-3-5-10(17-2)6-4-9/h7,9-10H,3-6,14H2,1-2H3,(H3,13,15,16). The highest BCUT2D eigenvalue weighted by atomic mass is 16.5. The molecular weight excluding hydrogens is 216 g/mol. The van der Waals surface area contributed by atoms with E-state index in [-0.39, 0.29) is 0 Å². The normalized spacial score (nSPS) is 38.1. The molecule has 17 heavy (non-hydrogen) atoms. The molecule has 0 bridgehead atoms. The lowest BCUT2D eigenvalue weighted by Gasteiger charge is -2.38. The predicted molar refractivity (Wildman–Crippen MR) is 68.2 cm³/mol. The van der Waals surface area contributed by atoms with Crippen LogP contribution in [0.25, 0.3) is 0 Å². The first-order valence-corrected chi connectivity index (χ1v) is 6.17. The molecule has 0 saturated heterocycles. The van der Waals surface area contributed by atoms with Crippen molar-refractivity contribution in [2.24, 2.45) is 22.4 Å². The first-order chi connectivity index (χ1) is 8.03. The van der Waals surface area contributed by atoms with E-state index in [2.05, 4.69) is 10.3 Å². The van der Waals surface area contributed by atoms with E-state index in [9.17, 15) is 0 Å². The summed E-state index contributed by atoms with van der Waals surface area (Å²) in [5, 5.41) is 2.98. The quantitative estimate of drug-likeness (QED) is 0.660. The van der Waals surface area contributed by atoms with Gasteiger partial charge in [-0.15, -0.1) is 0 Å². The van der Waals surface area contributed by atoms with Gasteiger partial charge in [-0.25, -0.2) is 4.99 Å². The van der Waals surface area contributed by atoms with Crippen molar-refractivity contribution in [3.63, 3.8) is 0 Å². The van der Waals surface area contributed by atoms with Crippen LogP contribution < -0.4 is 16.8 Å². The predicted octanol–water partition coefficient (Wildman–Crippen LogP) is 0.668. The fraction of sp³-hybridized carbons (Fsp3) is 0.750. The highest BCUT2D eigenvalue weighted by molar-refractivity contribution is 5.81. The lowest BCUT2D eigenvalue weighted by atomic mass is 9.78. The van der Waals surface area contributed by atoms with Crippen LogP contribution in [0.3, 0.4) is 0 Å². The van der Waals surface area contributed by atoms with Crippen molar-refractivity contribution in [2.45, 2.75) is 44.4 Å². The van der Waals surface area contributed by atoms with Crippen LogP contribution in [0.4, 0.5) is 0 Å². The maximum absolute atomic E-state index is 6.38. The molecular formula is C12H22N4O. The topological polar surface area (TPSA) is 85.7 Å². The minimum absolute atomic E-state index is 0.351. The summed E-state index contributed by atoms with van der Waals surface area (Å²) in [7, 11) is 1.77. The van der Waals surface area contributed by atoms with Crippen LogP contribution in [-0.2, 0) is 4.74 Å². The van der Waals surface area contributed by atoms with Crippen LogP contribution in [0.2, 0.25) is 0 Å². The summed E-state index contributed by atoms with van der Waals surface area (Å²) >= 11 is 0. The van der Waals surface area contributed by atoms with Gasteiger partial charge in [-0.3, -0.25) is 0 Å². The molecule has 1 unspecified atom stereocenters. The molecule has 0 aromatic heterocycles. The molecule has 2 aliphatic rings. The summed E-state index contributed by atoms with van der Waals surface area (Å²) in [5.74, 6) is 0.769. The first-order valence-electron chi connectivity index (χ1n) is 6.17. The Morgan fingerprint density at radius 3 is 2.59 bits per heavy atom. The number of guanidine groups is 1. The Hall–Kier alpha value is -1.07. The van der Waals surface area contributed by atoms with Crippen molar-refractivity contribution in [3.8, 4) is 0 Å². The second kappa shape index (κ2) is 4.66. The summed E-state index contributed by atoms with van der Waals surface area (Å²) in [4.78, 5) is 4.38. The number of ether oxygens (including phenoxy) is 1. The number of nitrogens with zero attached hydrogens (tertiary/aromatic N) is 1. The van der Waals surface area contributed by atoms with Gasteiger partial charge in [0.05, 0.1) is 6.10 Å². The summed E-state index contributed by atoms with van der Waals surface area (Å²) in [5.41, 5.74) is 12.5. The molecule has 5 N–H and O–H groups in total. The average Bonchev–Trinajstić information content (AvgIpc) is 2.27. The number of rotatable bonds is 2. The molecule has 0 amide bonds. The number of hydrogen-bond donors (Lipinski definition) is 3. The molecule has 0 aromatic carbocycles. The van der Waals surface area contributed by atoms with E-state index in [4.69, 9.17) is 16.2 Å². The zero-order chi connectivity index (χ0) is 12.5. The number of nitrogens with one attached hydrogen (secondary N) is 1. The van der Waals surface area contributed by atoms with Crippen LogP contribution in [0.15, 0.2) is 16.8 Å². The third kappa shape index (κ3) is 2.61. The smallest absolute Gasteiger partial charge is 0.195 e. The number of methoxy groups -OCH3 is 1. The van der Waals surface area contributed by atoms with E-state index in [1.54, 1.807) is 7.11 Å². The van der Waals surface area contributed by atoms with Crippen LogP contribution in [0, 0.1) is 5.92 Å². The monoisotopic (exact) mass is 238 g/mol. The molecule has 0 aromatic rings. The van der Waals surface area contributed by atoms with E-state index in [0.717, 1.165) is 31.4 Å². The first kappa shape index (κ1) is 12.4. The van der Waals surface area contributed by atoms with Crippen LogP contribution in [-0.4, -0.2) is 24.8 Å². The van der Waals surface area contributed by atoms with E-state index in [1.807, 2.05) is 13.0 Å². The molecule has 1 saturated carbocycles. The van der Waals surface area contributed by atoms with Crippen LogP contribution in [0.1, 0.15) is 32.6 Å². The fourth-order valence-corrected chi connectivity index (χ4v) is 2.82. The highest BCUT2D eigenvalue weighted by Crippen LogP contribution is 2.35. The zero-order valence-electron chi connectivity index (χ0n) is 10.6. The van der Waals surface area contributed by atoms with Crippen molar-refractivity contribution >= 4 is 5.96 Å². The van der Waals surface area contributed by atoms with Gasteiger partial charge in [0.1, 0.15) is 5.66 Å². The Morgan fingerprint density at radius 2 is 2.06 bits per heavy atom. The van der Waals surface area contributed by atoms with Crippen molar-refractivity contribution in [1.29, 1.82) is 0 Å². The third-order valence-corrected chi connectivity index (χ3v) is 3.75. The summed E-state index contributed by atoms with van der Waals surface area (Å²) < 4.78 is 5.37. The molecule has 1 aliphatic heterocycles. The Balaban J connectivity index is 2.09. The largest absolute Gasteiger partial charge is 0.381 e. The molecule has 2 rings (SSSR count). The lowest BCUT2D eigenvalue weighted by Crippen LogP contribution is -2.52. The molecule has 1 heterocycles. The van der Waals surface area contributed by atoms with Crippen molar-refractivity contribution < 1.29 is 4.74 Å². The maximum atomic E-state index is 6.38. The van der Waals surface area contributed by atoms with Crippen LogP contribution >= 0.6 is 0 Å². The highest BCUT2D eigenvalue weighted by Gasteiger charge is 2.37. The summed E-state index contributed by atoms with van der Waals surface area (Å²) in [6.45, 7) is 1.96. The maximum Gasteiger partial charge on any atom is 0.195 e. The van der Waals surface area contributed by atoms with Crippen LogP contribution in [0.5, 0.6) is 0 Å². The van der Waals surface area contributed by atoms with E-state index < -0.39 is 5.66 Å². The summed E-state index contributed by atoms with van der Waals surface area (Å²) in [6.07, 6.45) is 6.54. The Labute approximate surface area is 102 Å². The molecule has 1 aliphatic carbocycles. The average molecular weight is 238 g/mol. The van der Waals surface area contributed by atoms with E-state index in [1.165, 1.54) is 0 Å². The number of allylic oxidation sites excluding steroid dienone is 1. The van der Waals surface area contributed by atoms with Crippen molar-refractivity contribution in [3.05, 3.63) is 11.8 Å². The minimum Gasteiger partial charge on any atom is -0.381 e. The van der Waals surface area contributed by atoms with Gasteiger partial charge in [-0.05, 0) is 38.7 Å². The molecule has 96 valence electrons. The lowest BCUT2D eigenvalue weighted by molar-refractivity contribution is 0.0473. The van der Waals surface area contributed by atoms with Gasteiger partial charge >= 0.3 is 0 Å². The van der Waals surface area contributed by atoms with Crippen molar-refractivity contribution in [1.82, 2.24) is 5.32 Å². The van der Waals surface area contributed by atoms with Gasteiger partial charge < -0.3 is 21.5 Å². The molecule has 1 atom stereocenters. The zero-order valence-corrected chi connectivity index (χ0v) is 10.6. The molecule has 5 nitrogen and oxygen atoms in total. The molecule has 5 heteroatoms. The number of hydrogen-bond acceptors (Lipinski definition) is 5. The number of aliphatic imine (C=N–C) groups is 1. The van der Waals surface area contributed by atoms with Gasteiger partial charge in [-0.1, -0.05) is 0 Å². The van der Waals surface area contributed by atoms with E-state index in [0.29, 0.717) is 18.0 Å². The third-order valence-electron chi connectivity index (χ3n) is 3.75. The SMILES string of the molecule is COC1CCC(C2(N)C=C(C)NC(N)=N2)CC1. The molecule has 1 fully saturated rings. The molecule has 0 radical (unpaired) electrons. The molecule has 0 spiro atoms. The Bertz CT molecular complexity index is 324. The van der Waals surface area contributed by atoms with E-state index >= 15 is 0 Å². The number of nitrogens with two attached hydrogens (primary N) is 2. The van der Waals surface area contributed by atoms with Gasteiger partial charge in [0.15, 0.2) is 5.96 Å². The Kier molecular flexibility index (Phi) is 3.40. The van der Waals surface area contributed by atoms with Gasteiger partial charge in [0, 0.05) is 18.7 Å². The fourth-order valence-electron chi connectivity index (χ4n) is 2.82. The van der Waals surface area contributed by atoms with Gasteiger partial charge in [0.25, 0.3) is 0 Å². The Morgan fingerprint density at radius 1 is 1.41 bits per heavy atom.